The Kier molecular flexibility index (Phi) is 6.54. The lowest BCUT2D eigenvalue weighted by Crippen LogP contribution is -2.34. The highest BCUT2D eigenvalue weighted by Crippen LogP contribution is 2.32. The molecule has 3 rings (SSSR count). The molecule has 1 amide bonds. The average Bonchev–Trinajstić information content (AvgIpc) is 2.83. The second-order valence-corrected chi connectivity index (χ2v) is 8.87. The lowest BCUT2D eigenvalue weighted by Gasteiger charge is -2.33. The second kappa shape index (κ2) is 11.7. The SMILES string of the molecule is [2H]C([2H])([2H])C([2H])([2H])Oc1cc(CC(=O)NC(CC(C)C)c2ccccc2N2CCCCC2)ccc1C(=O)O. The van der Waals surface area contributed by atoms with Crippen LogP contribution >= 0.6 is 0 Å². The summed E-state index contributed by atoms with van der Waals surface area (Å²) in [4.78, 5) is 27.2. The number of nitrogens with zero attached hydrogens (tertiary/aromatic N) is 1. The number of amides is 1. The first-order valence-corrected chi connectivity index (χ1v) is 11.5. The summed E-state index contributed by atoms with van der Waals surface area (Å²) in [6.45, 7) is -0.115. The van der Waals surface area contributed by atoms with Gasteiger partial charge in [-0.3, -0.25) is 4.79 Å². The molecular formula is C27H36N2O4. The molecule has 1 aliphatic heterocycles. The van der Waals surface area contributed by atoms with Gasteiger partial charge in [-0.15, -0.1) is 0 Å². The van der Waals surface area contributed by atoms with Gasteiger partial charge in [0.05, 0.1) is 21.8 Å². The van der Waals surface area contributed by atoms with E-state index in [-0.39, 0.29) is 18.4 Å². The van der Waals surface area contributed by atoms with E-state index in [1.54, 1.807) is 0 Å². The van der Waals surface area contributed by atoms with Crippen molar-refractivity contribution < 1.29 is 26.3 Å². The zero-order valence-electron chi connectivity index (χ0n) is 24.3. The number of nitrogens with one attached hydrogen (secondary N) is 1. The summed E-state index contributed by atoms with van der Waals surface area (Å²) in [6, 6.07) is 11.7. The highest BCUT2D eigenvalue weighted by Gasteiger charge is 2.23. The minimum Gasteiger partial charge on any atom is -0.493 e. The first-order chi connectivity index (χ1) is 17.8. The first kappa shape index (κ1) is 18.4. The smallest absolute Gasteiger partial charge is 0.339 e. The van der Waals surface area contributed by atoms with Gasteiger partial charge in [-0.2, -0.15) is 0 Å². The predicted molar refractivity (Wildman–Crippen MR) is 131 cm³/mol. The van der Waals surface area contributed by atoms with Crippen molar-refractivity contribution in [2.45, 2.75) is 58.8 Å². The maximum Gasteiger partial charge on any atom is 0.339 e. The molecule has 0 spiro atoms. The van der Waals surface area contributed by atoms with Crippen LogP contribution in [0.25, 0.3) is 0 Å². The van der Waals surface area contributed by atoms with Gasteiger partial charge in [-0.05, 0) is 67.8 Å². The van der Waals surface area contributed by atoms with Gasteiger partial charge in [-0.25, -0.2) is 4.79 Å². The van der Waals surface area contributed by atoms with Crippen LogP contribution in [0.4, 0.5) is 5.69 Å². The molecule has 1 saturated heterocycles. The molecule has 1 heterocycles. The lowest BCUT2D eigenvalue weighted by atomic mass is 9.94. The van der Waals surface area contributed by atoms with Gasteiger partial charge in [0, 0.05) is 22.9 Å². The zero-order chi connectivity index (χ0) is 28.1. The number of carbonyl (C=O) groups excluding carboxylic acids is 1. The Bertz CT molecular complexity index is 1130. The normalized spacial score (nSPS) is 17.8. The summed E-state index contributed by atoms with van der Waals surface area (Å²) in [5.41, 5.74) is 2.14. The zero-order valence-corrected chi connectivity index (χ0v) is 19.3. The number of aromatic carboxylic acids is 1. The Balaban J connectivity index is 1.84. The van der Waals surface area contributed by atoms with E-state index in [0.717, 1.165) is 43.6 Å². The van der Waals surface area contributed by atoms with Crippen LogP contribution in [0, 0.1) is 5.92 Å². The molecule has 1 atom stereocenters. The van der Waals surface area contributed by atoms with Crippen molar-refractivity contribution in [1.29, 1.82) is 0 Å². The largest absolute Gasteiger partial charge is 0.493 e. The van der Waals surface area contributed by atoms with Gasteiger partial charge in [-0.1, -0.05) is 38.1 Å². The topological polar surface area (TPSA) is 78.9 Å². The van der Waals surface area contributed by atoms with Crippen molar-refractivity contribution >= 4 is 17.6 Å². The highest BCUT2D eigenvalue weighted by molar-refractivity contribution is 5.91. The summed E-state index contributed by atoms with van der Waals surface area (Å²) in [5, 5.41) is 12.6. The fourth-order valence-corrected chi connectivity index (χ4v) is 4.36. The van der Waals surface area contributed by atoms with E-state index in [2.05, 4.69) is 30.1 Å². The summed E-state index contributed by atoms with van der Waals surface area (Å²) >= 11 is 0. The van der Waals surface area contributed by atoms with Crippen molar-refractivity contribution in [2.75, 3.05) is 24.5 Å². The molecule has 1 fully saturated rings. The number of carboxylic acid groups (broad SMARTS) is 1. The van der Waals surface area contributed by atoms with E-state index in [9.17, 15) is 14.7 Å². The second-order valence-electron chi connectivity index (χ2n) is 8.87. The quantitative estimate of drug-likeness (QED) is 0.511. The standard InChI is InChI=1S/C27H36N2O4/c1-4-33-25-17-20(12-13-22(25)27(31)32)18-26(30)28-23(16-19(2)3)21-10-6-7-11-24(21)29-14-8-5-9-15-29/h6-7,10-13,17,19,23H,4-5,8-9,14-16,18H2,1-3H3,(H,28,30)(H,31,32)/i1D3,4D2. The average molecular weight is 458 g/mol. The van der Waals surface area contributed by atoms with Crippen molar-refractivity contribution in [3.8, 4) is 5.75 Å². The number of carboxylic acids is 1. The number of hydrogen-bond acceptors (Lipinski definition) is 4. The molecule has 0 saturated carbocycles. The molecular weight excluding hydrogens is 416 g/mol. The maximum atomic E-state index is 13.2. The van der Waals surface area contributed by atoms with Crippen molar-refractivity contribution in [1.82, 2.24) is 5.32 Å². The van der Waals surface area contributed by atoms with E-state index in [0.29, 0.717) is 11.5 Å². The molecule has 0 radical (unpaired) electrons. The highest BCUT2D eigenvalue weighted by atomic mass is 16.5. The summed E-state index contributed by atoms with van der Waals surface area (Å²) in [5.74, 6) is -1.83. The number of piperidine rings is 1. The Labute approximate surface area is 204 Å². The van der Waals surface area contributed by atoms with Gasteiger partial charge in [0.25, 0.3) is 0 Å². The number of carbonyl (C=O) groups is 2. The predicted octanol–water partition coefficient (Wildman–Crippen LogP) is 5.22. The van der Waals surface area contributed by atoms with Crippen molar-refractivity contribution in [3.05, 3.63) is 59.2 Å². The minimum absolute atomic E-state index is 0.118. The summed E-state index contributed by atoms with van der Waals surface area (Å²) < 4.78 is 42.5. The molecule has 1 unspecified atom stereocenters. The Morgan fingerprint density at radius 3 is 2.64 bits per heavy atom. The monoisotopic (exact) mass is 457 g/mol. The van der Waals surface area contributed by atoms with E-state index < -0.39 is 30.7 Å². The maximum absolute atomic E-state index is 13.2. The Morgan fingerprint density at radius 1 is 1.18 bits per heavy atom. The molecule has 1 aliphatic rings. The van der Waals surface area contributed by atoms with E-state index >= 15 is 0 Å². The number of anilines is 1. The van der Waals surface area contributed by atoms with Crippen LogP contribution in [0.15, 0.2) is 42.5 Å². The molecule has 0 bridgehead atoms. The summed E-state index contributed by atoms with van der Waals surface area (Å²) in [7, 11) is 0. The van der Waals surface area contributed by atoms with Gasteiger partial charge in [0.2, 0.25) is 5.91 Å². The summed E-state index contributed by atoms with van der Waals surface area (Å²) in [6.07, 6.45) is 4.08. The molecule has 0 aliphatic carbocycles. The van der Waals surface area contributed by atoms with Crippen LogP contribution in [0.2, 0.25) is 0 Å². The van der Waals surface area contributed by atoms with Gasteiger partial charge < -0.3 is 20.1 Å². The number of rotatable bonds is 10. The van der Waals surface area contributed by atoms with Crippen LogP contribution < -0.4 is 15.0 Å². The first-order valence-electron chi connectivity index (χ1n) is 14.0. The molecule has 2 N–H and O–H groups in total. The van der Waals surface area contributed by atoms with Crippen LogP contribution in [0.3, 0.4) is 0 Å². The van der Waals surface area contributed by atoms with Crippen LogP contribution in [0.5, 0.6) is 5.75 Å². The third kappa shape index (κ3) is 6.73. The number of benzene rings is 2. The number of hydrogen-bond donors (Lipinski definition) is 2. The lowest BCUT2D eigenvalue weighted by molar-refractivity contribution is -0.121. The fraction of sp³-hybridized carbons (Fsp3) is 0.481. The molecule has 6 nitrogen and oxygen atoms in total. The van der Waals surface area contributed by atoms with E-state index in [1.807, 2.05) is 18.2 Å². The van der Waals surface area contributed by atoms with E-state index in [4.69, 9.17) is 11.6 Å². The third-order valence-electron chi connectivity index (χ3n) is 5.85. The van der Waals surface area contributed by atoms with Crippen LogP contribution in [-0.4, -0.2) is 36.6 Å². The molecule has 2 aromatic carbocycles. The van der Waals surface area contributed by atoms with Crippen LogP contribution in [0.1, 0.15) is 80.8 Å². The van der Waals surface area contributed by atoms with E-state index in [1.165, 1.54) is 24.6 Å². The fourth-order valence-electron chi connectivity index (χ4n) is 4.36. The molecule has 2 aromatic rings. The molecule has 0 aromatic heterocycles. The Morgan fingerprint density at radius 2 is 1.94 bits per heavy atom. The van der Waals surface area contributed by atoms with Crippen molar-refractivity contribution in [2.24, 2.45) is 5.92 Å². The molecule has 33 heavy (non-hydrogen) atoms. The van der Waals surface area contributed by atoms with Crippen molar-refractivity contribution in [3.63, 3.8) is 0 Å². The number of ether oxygens (including phenoxy) is 1. The van der Waals surface area contributed by atoms with Gasteiger partial charge in [0.1, 0.15) is 11.3 Å². The van der Waals surface area contributed by atoms with Crippen LogP contribution in [-0.2, 0) is 11.2 Å². The third-order valence-corrected chi connectivity index (χ3v) is 5.85. The minimum atomic E-state index is -3.14. The number of para-hydroxylation sites is 1. The molecule has 6 heteroatoms. The Hall–Kier alpha value is -3.02. The van der Waals surface area contributed by atoms with Gasteiger partial charge in [0.15, 0.2) is 0 Å². The molecule has 178 valence electrons. The van der Waals surface area contributed by atoms with Gasteiger partial charge >= 0.3 is 5.97 Å².